The van der Waals surface area contributed by atoms with Crippen LogP contribution in [-0.2, 0) is 6.42 Å². The van der Waals surface area contributed by atoms with E-state index in [0.29, 0.717) is 27.6 Å². The Labute approximate surface area is 177 Å². The van der Waals surface area contributed by atoms with Gasteiger partial charge in [-0.05, 0) is 24.6 Å². The summed E-state index contributed by atoms with van der Waals surface area (Å²) >= 11 is 5.91. The molecule has 2 N–H and O–H groups in total. The second-order valence-corrected chi connectivity index (χ2v) is 6.70. The minimum Gasteiger partial charge on any atom is -0.493 e. The van der Waals surface area contributed by atoms with Crippen LogP contribution < -0.4 is 14.8 Å². The molecular weight excluding hydrogens is 412 g/mol. The lowest BCUT2D eigenvalue weighted by Gasteiger charge is -2.11. The lowest BCUT2D eigenvalue weighted by molar-refractivity contribution is -0.385. The van der Waals surface area contributed by atoms with Gasteiger partial charge in [0.2, 0.25) is 0 Å². The van der Waals surface area contributed by atoms with Crippen molar-refractivity contribution in [2.45, 2.75) is 6.42 Å². The van der Waals surface area contributed by atoms with E-state index in [1.807, 2.05) is 0 Å². The number of amides is 1. The highest BCUT2D eigenvalue weighted by atomic mass is 35.5. The third-order valence-corrected chi connectivity index (χ3v) is 4.73. The van der Waals surface area contributed by atoms with E-state index in [1.165, 1.54) is 26.5 Å². The van der Waals surface area contributed by atoms with Crippen LogP contribution in [-0.4, -0.2) is 41.8 Å². The van der Waals surface area contributed by atoms with Gasteiger partial charge in [-0.1, -0.05) is 23.7 Å². The van der Waals surface area contributed by atoms with Crippen LogP contribution in [0.15, 0.2) is 42.6 Å². The first kappa shape index (κ1) is 21.1. The summed E-state index contributed by atoms with van der Waals surface area (Å²) in [6.07, 6.45) is 1.66. The molecule has 10 heteroatoms. The lowest BCUT2D eigenvalue weighted by atomic mass is 10.1. The third kappa shape index (κ3) is 4.52. The minimum absolute atomic E-state index is 0.105. The highest BCUT2D eigenvalue weighted by Crippen LogP contribution is 2.34. The number of aromatic nitrogens is 2. The summed E-state index contributed by atoms with van der Waals surface area (Å²) in [4.78, 5) is 23.5. The molecule has 0 aliphatic carbocycles. The number of halogens is 1. The Hall–Kier alpha value is -3.59. The average molecular weight is 431 g/mol. The molecule has 156 valence electrons. The van der Waals surface area contributed by atoms with E-state index in [2.05, 4.69) is 15.5 Å². The number of carbonyl (C=O) groups excluding carboxylic acids is 1. The van der Waals surface area contributed by atoms with Crippen molar-refractivity contribution in [1.82, 2.24) is 15.5 Å². The predicted octanol–water partition coefficient (Wildman–Crippen LogP) is 3.63. The Bertz CT molecular complexity index is 1070. The largest absolute Gasteiger partial charge is 0.493 e. The van der Waals surface area contributed by atoms with Gasteiger partial charge >= 0.3 is 0 Å². The van der Waals surface area contributed by atoms with Crippen LogP contribution in [0.2, 0.25) is 5.02 Å². The quantitative estimate of drug-likeness (QED) is 0.416. The van der Waals surface area contributed by atoms with E-state index in [1.54, 1.807) is 30.3 Å². The Kier molecular flexibility index (Phi) is 6.53. The molecule has 3 rings (SSSR count). The van der Waals surface area contributed by atoms with Crippen molar-refractivity contribution in [2.75, 3.05) is 20.8 Å². The molecule has 3 aromatic rings. The standard InChI is InChI=1S/C20H19ClN4O5/c1-29-17-9-13(16(25(27)28)10-18(17)30-2)7-8-22-20(26)15-11-23-24-19(15)12-3-5-14(21)6-4-12/h3-6,9-11H,7-8H2,1-2H3,(H,22,26)(H,23,24). The number of rotatable bonds is 8. The van der Waals surface area contributed by atoms with Gasteiger partial charge < -0.3 is 14.8 Å². The smallest absolute Gasteiger partial charge is 0.276 e. The van der Waals surface area contributed by atoms with Gasteiger partial charge in [0.1, 0.15) is 0 Å². The van der Waals surface area contributed by atoms with Crippen molar-refractivity contribution in [2.24, 2.45) is 0 Å². The summed E-state index contributed by atoms with van der Waals surface area (Å²) in [5.41, 5.74) is 1.99. The number of nitrogens with one attached hydrogen (secondary N) is 2. The lowest BCUT2D eigenvalue weighted by Crippen LogP contribution is -2.26. The van der Waals surface area contributed by atoms with E-state index < -0.39 is 4.92 Å². The van der Waals surface area contributed by atoms with Gasteiger partial charge in [-0.2, -0.15) is 5.10 Å². The Morgan fingerprint density at radius 3 is 2.50 bits per heavy atom. The second kappa shape index (κ2) is 9.27. The second-order valence-electron chi connectivity index (χ2n) is 6.26. The Balaban J connectivity index is 1.73. The van der Waals surface area contributed by atoms with Crippen LogP contribution in [0.3, 0.4) is 0 Å². The molecule has 0 aliphatic heterocycles. The zero-order valence-corrected chi connectivity index (χ0v) is 17.0. The van der Waals surface area contributed by atoms with E-state index in [9.17, 15) is 14.9 Å². The van der Waals surface area contributed by atoms with Gasteiger partial charge in [0.05, 0.1) is 42.7 Å². The molecule has 1 amide bonds. The topological polar surface area (TPSA) is 119 Å². The summed E-state index contributed by atoms with van der Waals surface area (Å²) in [6, 6.07) is 9.84. The number of carbonyl (C=O) groups is 1. The molecule has 1 aromatic heterocycles. The third-order valence-electron chi connectivity index (χ3n) is 4.48. The molecule has 0 fully saturated rings. The molecule has 0 spiro atoms. The van der Waals surface area contributed by atoms with Crippen molar-refractivity contribution >= 4 is 23.2 Å². The summed E-state index contributed by atoms with van der Waals surface area (Å²) in [5, 5.41) is 21.5. The molecule has 30 heavy (non-hydrogen) atoms. The van der Waals surface area contributed by atoms with Gasteiger partial charge in [-0.3, -0.25) is 20.0 Å². The Morgan fingerprint density at radius 1 is 1.20 bits per heavy atom. The average Bonchev–Trinajstić information content (AvgIpc) is 3.23. The van der Waals surface area contributed by atoms with Crippen molar-refractivity contribution in [3.8, 4) is 22.8 Å². The molecule has 0 atom stereocenters. The van der Waals surface area contributed by atoms with Crippen molar-refractivity contribution < 1.29 is 19.2 Å². The maximum atomic E-state index is 12.6. The van der Waals surface area contributed by atoms with Crippen LogP contribution in [0.4, 0.5) is 5.69 Å². The number of hydrogen-bond acceptors (Lipinski definition) is 6. The number of benzene rings is 2. The molecule has 0 unspecified atom stereocenters. The predicted molar refractivity (Wildman–Crippen MR) is 111 cm³/mol. The molecule has 0 saturated carbocycles. The zero-order valence-electron chi connectivity index (χ0n) is 16.3. The number of ether oxygens (including phenoxy) is 2. The summed E-state index contributed by atoms with van der Waals surface area (Å²) in [6.45, 7) is 0.181. The van der Waals surface area contributed by atoms with Gasteiger partial charge in [-0.15, -0.1) is 0 Å². The molecular formula is C20H19ClN4O5. The maximum absolute atomic E-state index is 12.6. The molecule has 9 nitrogen and oxygen atoms in total. The van der Waals surface area contributed by atoms with Crippen molar-refractivity contribution in [3.05, 3.63) is 68.9 Å². The van der Waals surface area contributed by atoms with E-state index in [4.69, 9.17) is 21.1 Å². The molecule has 0 aliphatic rings. The van der Waals surface area contributed by atoms with E-state index in [0.717, 1.165) is 5.56 Å². The van der Waals surface area contributed by atoms with Crippen LogP contribution in [0.1, 0.15) is 15.9 Å². The number of nitrogens with zero attached hydrogens (tertiary/aromatic N) is 2. The van der Waals surface area contributed by atoms with E-state index >= 15 is 0 Å². The number of nitro groups is 1. The summed E-state index contributed by atoms with van der Waals surface area (Å²) < 4.78 is 10.3. The summed E-state index contributed by atoms with van der Waals surface area (Å²) in [5.74, 6) is 0.295. The number of nitro benzene ring substituents is 1. The number of methoxy groups -OCH3 is 2. The van der Waals surface area contributed by atoms with Crippen LogP contribution in [0, 0.1) is 10.1 Å². The molecule has 0 radical (unpaired) electrons. The van der Waals surface area contributed by atoms with Gasteiger partial charge in [0, 0.05) is 22.7 Å². The summed E-state index contributed by atoms with van der Waals surface area (Å²) in [7, 11) is 2.86. The first-order valence-electron chi connectivity index (χ1n) is 8.91. The van der Waals surface area contributed by atoms with E-state index in [-0.39, 0.29) is 30.3 Å². The minimum atomic E-state index is -0.492. The highest BCUT2D eigenvalue weighted by Gasteiger charge is 2.20. The maximum Gasteiger partial charge on any atom is 0.276 e. The van der Waals surface area contributed by atoms with Gasteiger partial charge in [0.15, 0.2) is 11.5 Å². The molecule has 1 heterocycles. The van der Waals surface area contributed by atoms with Crippen LogP contribution >= 0.6 is 11.6 Å². The fourth-order valence-corrected chi connectivity index (χ4v) is 3.11. The van der Waals surface area contributed by atoms with Crippen molar-refractivity contribution in [1.29, 1.82) is 0 Å². The first-order valence-corrected chi connectivity index (χ1v) is 9.29. The number of H-pyrrole nitrogens is 1. The van der Waals surface area contributed by atoms with Crippen LogP contribution in [0.25, 0.3) is 11.3 Å². The molecule has 0 bridgehead atoms. The molecule has 2 aromatic carbocycles. The fraction of sp³-hybridized carbons (Fsp3) is 0.200. The monoisotopic (exact) mass is 430 g/mol. The fourth-order valence-electron chi connectivity index (χ4n) is 2.98. The number of hydrogen-bond donors (Lipinski definition) is 2. The molecule has 0 saturated heterocycles. The van der Waals surface area contributed by atoms with Gasteiger partial charge in [0.25, 0.3) is 11.6 Å². The Morgan fingerprint density at radius 2 is 1.87 bits per heavy atom. The zero-order chi connectivity index (χ0) is 21.7. The van der Waals surface area contributed by atoms with Crippen molar-refractivity contribution in [3.63, 3.8) is 0 Å². The van der Waals surface area contributed by atoms with Crippen LogP contribution in [0.5, 0.6) is 11.5 Å². The van der Waals surface area contributed by atoms with Gasteiger partial charge in [-0.25, -0.2) is 0 Å². The first-order chi connectivity index (χ1) is 14.4. The normalized spacial score (nSPS) is 10.5. The highest BCUT2D eigenvalue weighted by molar-refractivity contribution is 6.30. The SMILES string of the molecule is COc1cc(CCNC(=O)c2cn[nH]c2-c2ccc(Cl)cc2)c([N+](=O)[O-])cc1OC. The number of aromatic amines is 1.